The molecule has 1 aliphatic rings. The number of amides is 1. The molecule has 1 aliphatic heterocycles. The fraction of sp³-hybridized carbons (Fsp3) is 0.250. The number of fused-ring (bicyclic) bond motifs is 2. The summed E-state index contributed by atoms with van der Waals surface area (Å²) >= 11 is 14.4. The van der Waals surface area contributed by atoms with Crippen molar-refractivity contribution in [1.29, 1.82) is 0 Å². The van der Waals surface area contributed by atoms with Gasteiger partial charge in [-0.05, 0) is 52.6 Å². The topological polar surface area (TPSA) is 66.9 Å². The summed E-state index contributed by atoms with van der Waals surface area (Å²) in [6, 6.07) is 19.3. The average molecular weight is 590 g/mol. The summed E-state index contributed by atoms with van der Waals surface area (Å²) in [4.78, 5) is 17.0. The molecule has 1 atom stereocenters. The molecule has 0 spiro atoms. The number of ether oxygens (including phenoxy) is 1. The molecule has 1 amide bonds. The molecule has 0 bridgehead atoms. The second-order valence-electron chi connectivity index (χ2n) is 9.01. The Bertz CT molecular complexity index is 1580. The number of thiophene rings is 1. The third-order valence-corrected chi connectivity index (χ3v) is 10.2. The quantitative estimate of drug-likeness (QED) is 0.252. The van der Waals surface area contributed by atoms with E-state index in [2.05, 4.69) is 0 Å². The van der Waals surface area contributed by atoms with Gasteiger partial charge in [-0.25, -0.2) is 8.42 Å². The van der Waals surface area contributed by atoms with E-state index >= 15 is 0 Å². The molecule has 0 aliphatic carbocycles. The Morgan fingerprint density at radius 3 is 2.66 bits per heavy atom. The second-order valence-corrected chi connectivity index (χ2v) is 12.8. The molecule has 10 heteroatoms. The molecular formula is C28H26Cl2N2O4S2. The summed E-state index contributed by atoms with van der Waals surface area (Å²) in [6.07, 6.45) is 0.689. The molecule has 5 rings (SSSR count). The lowest BCUT2D eigenvalue weighted by atomic mass is 9.93. The second kappa shape index (κ2) is 11.3. The van der Waals surface area contributed by atoms with Gasteiger partial charge in [0.15, 0.2) is 0 Å². The van der Waals surface area contributed by atoms with Crippen LogP contribution in [0.5, 0.6) is 0 Å². The molecule has 0 N–H and O–H groups in total. The summed E-state index contributed by atoms with van der Waals surface area (Å²) in [7, 11) is -2.51. The summed E-state index contributed by atoms with van der Waals surface area (Å²) < 4.78 is 34.3. The summed E-state index contributed by atoms with van der Waals surface area (Å²) in [6.45, 7) is 0.314. The lowest BCUT2D eigenvalue weighted by Gasteiger charge is -2.37. The third-order valence-electron chi connectivity index (χ3n) is 6.77. The number of benzene rings is 3. The van der Waals surface area contributed by atoms with Crippen molar-refractivity contribution >= 4 is 61.2 Å². The maximum Gasteiger partial charge on any atom is 0.244 e. The van der Waals surface area contributed by atoms with Crippen LogP contribution in [0.25, 0.3) is 10.8 Å². The van der Waals surface area contributed by atoms with Crippen LogP contribution >= 0.6 is 34.5 Å². The molecule has 6 nitrogen and oxygen atoms in total. The highest BCUT2D eigenvalue weighted by Crippen LogP contribution is 2.41. The van der Waals surface area contributed by atoms with Crippen LogP contribution < -0.4 is 0 Å². The van der Waals surface area contributed by atoms with Crippen LogP contribution in [0.4, 0.5) is 0 Å². The number of carbonyl (C=O) groups excluding carboxylic acids is 1. The van der Waals surface area contributed by atoms with E-state index in [1.54, 1.807) is 52.6 Å². The predicted molar refractivity (Wildman–Crippen MR) is 153 cm³/mol. The fourth-order valence-corrected chi connectivity index (χ4v) is 7.93. The molecule has 0 fully saturated rings. The van der Waals surface area contributed by atoms with Crippen molar-refractivity contribution in [3.8, 4) is 0 Å². The lowest BCUT2D eigenvalue weighted by molar-refractivity contribution is -0.133. The third kappa shape index (κ3) is 5.21. The zero-order valence-electron chi connectivity index (χ0n) is 20.6. The van der Waals surface area contributed by atoms with Crippen LogP contribution in [0.1, 0.15) is 22.0 Å². The first-order valence-electron chi connectivity index (χ1n) is 12.1. The SMILES string of the molecule is COCCN(CC(=O)N1CCc2sccc2[C@@H]1c1ccc(Cl)cc1Cl)S(=O)(=O)c1cccc2ccccc12. The van der Waals surface area contributed by atoms with Gasteiger partial charge >= 0.3 is 0 Å². The van der Waals surface area contributed by atoms with E-state index in [0.29, 0.717) is 28.4 Å². The monoisotopic (exact) mass is 588 g/mol. The van der Waals surface area contributed by atoms with E-state index < -0.39 is 16.1 Å². The fourth-order valence-electron chi connectivity index (χ4n) is 4.92. The molecule has 1 aromatic heterocycles. The van der Waals surface area contributed by atoms with Crippen LogP contribution in [-0.4, -0.2) is 56.9 Å². The minimum atomic E-state index is -4.01. The van der Waals surface area contributed by atoms with Gasteiger partial charge in [0.1, 0.15) is 0 Å². The zero-order chi connectivity index (χ0) is 26.9. The Morgan fingerprint density at radius 1 is 1.08 bits per heavy atom. The Labute approximate surface area is 236 Å². The molecule has 0 radical (unpaired) electrons. The number of methoxy groups -OCH3 is 1. The summed E-state index contributed by atoms with van der Waals surface area (Å²) in [5.41, 5.74) is 1.75. The van der Waals surface area contributed by atoms with E-state index in [-0.39, 0.29) is 30.5 Å². The van der Waals surface area contributed by atoms with Gasteiger partial charge < -0.3 is 9.64 Å². The van der Waals surface area contributed by atoms with E-state index in [1.165, 1.54) is 16.3 Å². The van der Waals surface area contributed by atoms with Crippen molar-refractivity contribution in [3.05, 3.63) is 98.2 Å². The first-order chi connectivity index (χ1) is 18.3. The van der Waals surface area contributed by atoms with E-state index in [9.17, 15) is 13.2 Å². The maximum atomic E-state index is 13.9. The lowest BCUT2D eigenvalue weighted by Crippen LogP contribution is -2.47. The number of carbonyl (C=O) groups is 1. The van der Waals surface area contributed by atoms with Gasteiger partial charge in [0.05, 0.1) is 24.1 Å². The molecule has 198 valence electrons. The predicted octanol–water partition coefficient (Wildman–Crippen LogP) is 6.02. The van der Waals surface area contributed by atoms with Crippen molar-refractivity contribution in [2.24, 2.45) is 0 Å². The van der Waals surface area contributed by atoms with Gasteiger partial charge in [0, 0.05) is 40.5 Å². The maximum absolute atomic E-state index is 13.9. The van der Waals surface area contributed by atoms with Crippen LogP contribution in [0.2, 0.25) is 10.0 Å². The van der Waals surface area contributed by atoms with Crippen LogP contribution in [0.15, 0.2) is 77.0 Å². The number of sulfonamides is 1. The number of hydrogen-bond donors (Lipinski definition) is 0. The van der Waals surface area contributed by atoms with Gasteiger partial charge in [0.25, 0.3) is 0 Å². The number of halogens is 2. The van der Waals surface area contributed by atoms with Gasteiger partial charge in [-0.15, -0.1) is 11.3 Å². The number of rotatable bonds is 8. The molecule has 2 heterocycles. The van der Waals surface area contributed by atoms with Crippen molar-refractivity contribution < 1.29 is 17.9 Å². The molecule has 3 aromatic carbocycles. The van der Waals surface area contributed by atoms with Gasteiger partial charge in [-0.3, -0.25) is 4.79 Å². The van der Waals surface area contributed by atoms with Crippen LogP contribution in [-0.2, 0) is 26.0 Å². The van der Waals surface area contributed by atoms with E-state index in [4.69, 9.17) is 27.9 Å². The average Bonchev–Trinajstić information content (AvgIpc) is 3.39. The minimum Gasteiger partial charge on any atom is -0.383 e. The summed E-state index contributed by atoms with van der Waals surface area (Å²) in [5.74, 6) is -0.308. The first-order valence-corrected chi connectivity index (χ1v) is 15.2. The van der Waals surface area contributed by atoms with Gasteiger partial charge in [0.2, 0.25) is 15.9 Å². The zero-order valence-corrected chi connectivity index (χ0v) is 23.8. The Balaban J connectivity index is 1.51. The number of hydrogen-bond acceptors (Lipinski definition) is 5. The molecule has 0 saturated heterocycles. The van der Waals surface area contributed by atoms with Crippen LogP contribution in [0.3, 0.4) is 0 Å². The van der Waals surface area contributed by atoms with Crippen molar-refractivity contribution in [2.75, 3.05) is 33.4 Å². The molecule has 4 aromatic rings. The Morgan fingerprint density at radius 2 is 1.87 bits per heavy atom. The summed E-state index contributed by atoms with van der Waals surface area (Å²) in [5, 5.41) is 4.39. The molecular weight excluding hydrogens is 563 g/mol. The van der Waals surface area contributed by atoms with Gasteiger partial charge in [-0.2, -0.15) is 4.31 Å². The largest absolute Gasteiger partial charge is 0.383 e. The van der Waals surface area contributed by atoms with Gasteiger partial charge in [-0.1, -0.05) is 65.7 Å². The molecule has 38 heavy (non-hydrogen) atoms. The van der Waals surface area contributed by atoms with Crippen molar-refractivity contribution in [2.45, 2.75) is 17.4 Å². The highest BCUT2D eigenvalue weighted by Gasteiger charge is 2.36. The first kappa shape index (κ1) is 27.1. The molecule has 0 saturated carbocycles. The highest BCUT2D eigenvalue weighted by molar-refractivity contribution is 7.89. The Hall–Kier alpha value is -2.46. The molecule has 0 unspecified atom stereocenters. The minimum absolute atomic E-state index is 0.0394. The number of nitrogens with zero attached hydrogens (tertiary/aromatic N) is 2. The Kier molecular flexibility index (Phi) is 8.09. The normalized spacial score (nSPS) is 15.7. The van der Waals surface area contributed by atoms with E-state index in [0.717, 1.165) is 16.5 Å². The van der Waals surface area contributed by atoms with Crippen molar-refractivity contribution in [3.63, 3.8) is 0 Å². The van der Waals surface area contributed by atoms with Crippen LogP contribution in [0, 0.1) is 0 Å². The van der Waals surface area contributed by atoms with Crippen molar-refractivity contribution in [1.82, 2.24) is 9.21 Å². The standard InChI is InChI=1S/C28H26Cl2N2O4S2/c1-36-15-14-31(38(34,35)26-8-4-6-19-5-2-3-7-21(19)26)18-27(33)32-13-11-25-23(12-16-37-25)28(32)22-10-9-20(29)17-24(22)30/h2-10,12,16-17,28H,11,13-15,18H2,1H3/t28-/m0/s1. The highest BCUT2D eigenvalue weighted by atomic mass is 35.5. The van der Waals surface area contributed by atoms with E-state index in [1.807, 2.05) is 35.7 Å². The smallest absolute Gasteiger partial charge is 0.244 e.